The van der Waals surface area contributed by atoms with E-state index in [4.69, 9.17) is 4.74 Å². The Bertz CT molecular complexity index is 189. The molecule has 0 spiro atoms. The Morgan fingerprint density at radius 2 is 2.00 bits per heavy atom. The molecule has 1 aliphatic rings. The summed E-state index contributed by atoms with van der Waals surface area (Å²) in [7, 11) is 0. The third kappa shape index (κ3) is 2.71. The van der Waals surface area contributed by atoms with Gasteiger partial charge in [0.2, 0.25) is 0 Å². The van der Waals surface area contributed by atoms with Crippen LogP contribution in [0.4, 0.5) is 0 Å². The molecule has 2 atom stereocenters. The first kappa shape index (κ1) is 12.0. The number of hydrogen-bond acceptors (Lipinski definition) is 2. The van der Waals surface area contributed by atoms with E-state index in [0.717, 1.165) is 12.8 Å². The van der Waals surface area contributed by atoms with Crippen LogP contribution in [0, 0.1) is 11.3 Å². The second-order valence-corrected chi connectivity index (χ2v) is 5.63. The van der Waals surface area contributed by atoms with E-state index in [2.05, 4.69) is 20.8 Å². The van der Waals surface area contributed by atoms with Gasteiger partial charge >= 0.3 is 0 Å². The molecule has 1 rings (SSSR count). The lowest BCUT2D eigenvalue weighted by atomic mass is 9.66. The average Bonchev–Trinajstić information content (AvgIpc) is 2.00. The summed E-state index contributed by atoms with van der Waals surface area (Å²) in [5, 5.41) is 9.50. The van der Waals surface area contributed by atoms with Crippen molar-refractivity contribution in [1.82, 2.24) is 0 Å². The molecule has 1 fully saturated rings. The second kappa shape index (κ2) is 4.19. The Labute approximate surface area is 87.7 Å². The van der Waals surface area contributed by atoms with Crippen LogP contribution in [0.3, 0.4) is 0 Å². The molecule has 1 N–H and O–H groups in total. The number of ether oxygens (including phenoxy) is 1. The number of hydrogen-bond donors (Lipinski definition) is 1. The van der Waals surface area contributed by atoms with E-state index < -0.39 is 0 Å². The van der Waals surface area contributed by atoms with Crippen LogP contribution in [0.1, 0.15) is 47.0 Å². The number of aliphatic hydroxyl groups is 1. The van der Waals surface area contributed by atoms with Gasteiger partial charge in [-0.1, -0.05) is 20.8 Å². The maximum absolute atomic E-state index is 9.50. The molecule has 2 nitrogen and oxygen atoms in total. The van der Waals surface area contributed by atoms with Crippen LogP contribution in [0.5, 0.6) is 0 Å². The summed E-state index contributed by atoms with van der Waals surface area (Å²) < 4.78 is 5.78. The maximum Gasteiger partial charge on any atom is 0.0919 e. The molecule has 0 aromatic heterocycles. The van der Waals surface area contributed by atoms with Crippen LogP contribution in [-0.4, -0.2) is 23.9 Å². The molecule has 1 aliphatic carbocycles. The average molecular weight is 200 g/mol. The lowest BCUT2D eigenvalue weighted by Gasteiger charge is -2.46. The molecule has 1 saturated carbocycles. The van der Waals surface area contributed by atoms with E-state index in [1.54, 1.807) is 0 Å². The highest BCUT2D eigenvalue weighted by atomic mass is 16.5. The van der Waals surface area contributed by atoms with Gasteiger partial charge in [0.25, 0.3) is 0 Å². The van der Waals surface area contributed by atoms with Gasteiger partial charge < -0.3 is 9.84 Å². The van der Waals surface area contributed by atoms with Crippen molar-refractivity contribution < 1.29 is 9.84 Å². The first-order valence-electron chi connectivity index (χ1n) is 5.68. The van der Waals surface area contributed by atoms with E-state index in [9.17, 15) is 5.11 Å². The smallest absolute Gasteiger partial charge is 0.0919 e. The molecular formula is C12H24O2. The summed E-state index contributed by atoms with van der Waals surface area (Å²) in [6.45, 7) is 9.66. The van der Waals surface area contributed by atoms with Crippen LogP contribution >= 0.6 is 0 Å². The third-order valence-corrected chi connectivity index (χ3v) is 3.16. The molecule has 0 heterocycles. The second-order valence-electron chi connectivity index (χ2n) is 5.63. The number of aliphatic hydroxyl groups excluding tert-OH is 1. The van der Waals surface area contributed by atoms with Crippen molar-refractivity contribution in [2.24, 2.45) is 11.3 Å². The third-order valence-electron chi connectivity index (χ3n) is 3.16. The SMILES string of the molecule is CCOC1(CO)CC(C)CC(C)(C)C1. The minimum absolute atomic E-state index is 0.161. The summed E-state index contributed by atoms with van der Waals surface area (Å²) in [5.74, 6) is 0.650. The zero-order valence-electron chi connectivity index (χ0n) is 9.97. The van der Waals surface area contributed by atoms with Crippen molar-refractivity contribution in [2.75, 3.05) is 13.2 Å². The maximum atomic E-state index is 9.50. The van der Waals surface area contributed by atoms with Gasteiger partial charge in [0.15, 0.2) is 0 Å². The fourth-order valence-electron chi connectivity index (χ4n) is 3.25. The molecule has 0 aromatic rings. The van der Waals surface area contributed by atoms with Gasteiger partial charge in [-0.05, 0) is 37.5 Å². The zero-order chi connectivity index (χ0) is 10.8. The Morgan fingerprint density at radius 3 is 2.43 bits per heavy atom. The van der Waals surface area contributed by atoms with Crippen LogP contribution < -0.4 is 0 Å². The normalized spacial score (nSPS) is 37.1. The first-order chi connectivity index (χ1) is 6.43. The molecule has 2 unspecified atom stereocenters. The van der Waals surface area contributed by atoms with Crippen molar-refractivity contribution in [3.05, 3.63) is 0 Å². The van der Waals surface area contributed by atoms with Gasteiger partial charge in [0, 0.05) is 6.61 Å². The quantitative estimate of drug-likeness (QED) is 0.759. The predicted octanol–water partition coefficient (Wildman–Crippen LogP) is 2.60. The molecular weight excluding hydrogens is 176 g/mol. The van der Waals surface area contributed by atoms with Crippen LogP contribution in [0.25, 0.3) is 0 Å². The first-order valence-corrected chi connectivity index (χ1v) is 5.68. The van der Waals surface area contributed by atoms with Gasteiger partial charge in [-0.2, -0.15) is 0 Å². The molecule has 0 aromatic carbocycles. The van der Waals surface area contributed by atoms with E-state index in [1.165, 1.54) is 6.42 Å². The standard InChI is InChI=1S/C12H24O2/c1-5-14-12(9-13)7-10(2)6-11(3,4)8-12/h10,13H,5-9H2,1-4H3. The molecule has 0 saturated heterocycles. The summed E-state index contributed by atoms with van der Waals surface area (Å²) >= 11 is 0. The van der Waals surface area contributed by atoms with Gasteiger partial charge in [0.1, 0.15) is 0 Å². The van der Waals surface area contributed by atoms with Crippen LogP contribution in [-0.2, 0) is 4.74 Å². The molecule has 14 heavy (non-hydrogen) atoms. The van der Waals surface area contributed by atoms with Crippen LogP contribution in [0.15, 0.2) is 0 Å². The molecule has 0 aliphatic heterocycles. The summed E-state index contributed by atoms with van der Waals surface area (Å²) in [6.07, 6.45) is 3.22. The zero-order valence-corrected chi connectivity index (χ0v) is 9.97. The van der Waals surface area contributed by atoms with Crippen molar-refractivity contribution >= 4 is 0 Å². The largest absolute Gasteiger partial charge is 0.393 e. The monoisotopic (exact) mass is 200 g/mol. The summed E-state index contributed by atoms with van der Waals surface area (Å²) in [5.41, 5.74) is 0.0332. The van der Waals surface area contributed by atoms with Crippen molar-refractivity contribution in [2.45, 2.75) is 52.6 Å². The molecule has 0 amide bonds. The highest BCUT2D eigenvalue weighted by molar-refractivity contribution is 4.94. The summed E-state index contributed by atoms with van der Waals surface area (Å²) in [6, 6.07) is 0. The Kier molecular flexibility index (Phi) is 3.59. The fourth-order valence-corrected chi connectivity index (χ4v) is 3.25. The lowest BCUT2D eigenvalue weighted by molar-refractivity contribution is -0.132. The Hall–Kier alpha value is -0.0800. The van der Waals surface area contributed by atoms with Crippen molar-refractivity contribution in [3.8, 4) is 0 Å². The topological polar surface area (TPSA) is 29.5 Å². The lowest BCUT2D eigenvalue weighted by Crippen LogP contribution is -2.47. The van der Waals surface area contributed by atoms with E-state index in [1.807, 2.05) is 6.92 Å². The number of rotatable bonds is 3. The Morgan fingerprint density at radius 1 is 1.36 bits per heavy atom. The highest BCUT2D eigenvalue weighted by Gasteiger charge is 2.43. The highest BCUT2D eigenvalue weighted by Crippen LogP contribution is 2.45. The van der Waals surface area contributed by atoms with E-state index in [-0.39, 0.29) is 12.2 Å². The van der Waals surface area contributed by atoms with Gasteiger partial charge in [-0.3, -0.25) is 0 Å². The fraction of sp³-hybridized carbons (Fsp3) is 1.00. The minimum Gasteiger partial charge on any atom is -0.393 e. The Balaban J connectivity index is 2.75. The van der Waals surface area contributed by atoms with Crippen molar-refractivity contribution in [3.63, 3.8) is 0 Å². The van der Waals surface area contributed by atoms with Crippen molar-refractivity contribution in [1.29, 1.82) is 0 Å². The molecule has 84 valence electrons. The van der Waals surface area contributed by atoms with E-state index in [0.29, 0.717) is 17.9 Å². The van der Waals surface area contributed by atoms with Gasteiger partial charge in [-0.25, -0.2) is 0 Å². The van der Waals surface area contributed by atoms with E-state index >= 15 is 0 Å². The van der Waals surface area contributed by atoms with Gasteiger partial charge in [-0.15, -0.1) is 0 Å². The molecule has 2 heteroatoms. The summed E-state index contributed by atoms with van der Waals surface area (Å²) in [4.78, 5) is 0. The predicted molar refractivity (Wildman–Crippen MR) is 58.2 cm³/mol. The van der Waals surface area contributed by atoms with Gasteiger partial charge in [0.05, 0.1) is 12.2 Å². The molecule has 0 radical (unpaired) electrons. The minimum atomic E-state index is -0.268. The van der Waals surface area contributed by atoms with Crippen LogP contribution in [0.2, 0.25) is 0 Å². The molecule has 0 bridgehead atoms.